The van der Waals surface area contributed by atoms with Crippen LogP contribution in [0.1, 0.15) is 26.5 Å². The lowest BCUT2D eigenvalue weighted by atomic mass is 10.1. The van der Waals surface area contributed by atoms with Crippen LogP contribution in [-0.4, -0.2) is 39.4 Å². The minimum absolute atomic E-state index is 0.231. The van der Waals surface area contributed by atoms with Crippen molar-refractivity contribution < 1.29 is 28.2 Å². The first-order valence-corrected chi connectivity index (χ1v) is 9.37. The van der Waals surface area contributed by atoms with Crippen molar-refractivity contribution in [1.82, 2.24) is 5.43 Å². The van der Waals surface area contributed by atoms with E-state index in [1.165, 1.54) is 27.5 Å². The molecule has 0 aliphatic heterocycles. The van der Waals surface area contributed by atoms with E-state index in [-0.39, 0.29) is 10.6 Å². The quantitative estimate of drug-likeness (QED) is 0.335. The van der Waals surface area contributed by atoms with Crippen molar-refractivity contribution in [2.45, 2.75) is 0 Å². The minimum Gasteiger partial charge on any atom is -0.497 e. The van der Waals surface area contributed by atoms with Gasteiger partial charge in [0.2, 0.25) is 0 Å². The van der Waals surface area contributed by atoms with Crippen molar-refractivity contribution in [1.29, 1.82) is 0 Å². The molecule has 0 fully saturated rings. The fourth-order valence-corrected chi connectivity index (χ4v) is 2.87. The molecule has 31 heavy (non-hydrogen) atoms. The summed E-state index contributed by atoms with van der Waals surface area (Å²) in [7, 11) is 4.28. The molecule has 0 radical (unpaired) electrons. The summed E-state index contributed by atoms with van der Waals surface area (Å²) >= 11 is 6.04. The molecule has 8 nitrogen and oxygen atoms in total. The molecule has 3 rings (SSSR count). The topological polar surface area (TPSA) is 99.4 Å². The number of halogens is 1. The first-order valence-electron chi connectivity index (χ1n) is 8.99. The summed E-state index contributed by atoms with van der Waals surface area (Å²) in [4.78, 5) is 24.1. The molecule has 1 aromatic heterocycles. The van der Waals surface area contributed by atoms with Crippen LogP contribution in [-0.2, 0) is 4.74 Å². The molecule has 0 unspecified atom stereocenters. The first-order chi connectivity index (χ1) is 14.9. The molecule has 1 heterocycles. The number of ether oxygens (including phenoxy) is 3. The number of carbonyl (C=O) groups is 2. The SMILES string of the molecule is COC(=O)c1cc(-c2ccc(C=NNC(=O)c3cc(OC)cc(OC)c3)o2)ccc1Cl. The second-order valence-electron chi connectivity index (χ2n) is 6.19. The maximum absolute atomic E-state index is 12.3. The van der Waals surface area contributed by atoms with Gasteiger partial charge in [-0.1, -0.05) is 11.6 Å². The van der Waals surface area contributed by atoms with E-state index in [2.05, 4.69) is 10.5 Å². The summed E-state index contributed by atoms with van der Waals surface area (Å²) in [6.07, 6.45) is 1.36. The van der Waals surface area contributed by atoms with E-state index in [1.807, 2.05) is 0 Å². The van der Waals surface area contributed by atoms with Gasteiger partial charge in [-0.3, -0.25) is 4.79 Å². The van der Waals surface area contributed by atoms with E-state index in [1.54, 1.807) is 48.5 Å². The molecule has 0 aliphatic carbocycles. The molecule has 0 atom stereocenters. The highest BCUT2D eigenvalue weighted by molar-refractivity contribution is 6.33. The number of amides is 1. The van der Waals surface area contributed by atoms with E-state index in [0.717, 1.165) is 0 Å². The Morgan fingerprint density at radius 2 is 1.71 bits per heavy atom. The van der Waals surface area contributed by atoms with Gasteiger partial charge in [0.05, 0.1) is 38.1 Å². The number of hydrazone groups is 1. The number of hydrogen-bond acceptors (Lipinski definition) is 7. The van der Waals surface area contributed by atoms with Crippen molar-refractivity contribution in [2.24, 2.45) is 5.10 Å². The molecule has 0 saturated carbocycles. The lowest BCUT2D eigenvalue weighted by molar-refractivity contribution is 0.0601. The smallest absolute Gasteiger partial charge is 0.339 e. The van der Waals surface area contributed by atoms with Gasteiger partial charge in [0.25, 0.3) is 5.91 Å². The van der Waals surface area contributed by atoms with Crippen LogP contribution in [0.15, 0.2) is 58.0 Å². The Bertz CT molecular complexity index is 1120. The number of nitrogens with zero attached hydrogens (tertiary/aromatic N) is 1. The average molecular weight is 443 g/mol. The Morgan fingerprint density at radius 1 is 1.00 bits per heavy atom. The standard InChI is InChI=1S/C22H19ClN2O6/c1-28-16-8-14(9-17(11-16)29-2)21(26)25-24-12-15-5-7-20(31-15)13-4-6-19(23)18(10-13)22(27)30-3/h4-12H,1-3H3,(H,25,26). The predicted molar refractivity (Wildman–Crippen MR) is 115 cm³/mol. The number of esters is 1. The Kier molecular flexibility index (Phi) is 6.94. The zero-order valence-electron chi connectivity index (χ0n) is 17.0. The molecule has 0 saturated heterocycles. The highest BCUT2D eigenvalue weighted by Gasteiger charge is 2.14. The van der Waals surface area contributed by atoms with Crippen molar-refractivity contribution in [3.63, 3.8) is 0 Å². The van der Waals surface area contributed by atoms with Crippen molar-refractivity contribution in [3.8, 4) is 22.8 Å². The van der Waals surface area contributed by atoms with Gasteiger partial charge in [0.1, 0.15) is 23.0 Å². The Morgan fingerprint density at radius 3 is 2.35 bits per heavy atom. The van der Waals surface area contributed by atoms with E-state index >= 15 is 0 Å². The minimum atomic E-state index is -0.544. The van der Waals surface area contributed by atoms with Crippen LogP contribution < -0.4 is 14.9 Å². The van der Waals surface area contributed by atoms with Gasteiger partial charge >= 0.3 is 5.97 Å². The van der Waals surface area contributed by atoms with Gasteiger partial charge < -0.3 is 18.6 Å². The zero-order valence-corrected chi connectivity index (χ0v) is 17.7. The van der Waals surface area contributed by atoms with E-state index in [4.69, 9.17) is 30.2 Å². The maximum Gasteiger partial charge on any atom is 0.339 e. The number of carbonyl (C=O) groups excluding carboxylic acids is 2. The van der Waals surface area contributed by atoms with Gasteiger partial charge in [0.15, 0.2) is 0 Å². The second-order valence-corrected chi connectivity index (χ2v) is 6.60. The van der Waals surface area contributed by atoms with Crippen LogP contribution in [0.25, 0.3) is 11.3 Å². The Balaban J connectivity index is 1.72. The van der Waals surface area contributed by atoms with Crippen LogP contribution in [0.5, 0.6) is 11.5 Å². The molecule has 0 bridgehead atoms. The normalized spacial score (nSPS) is 10.7. The number of rotatable bonds is 7. The molecule has 1 N–H and O–H groups in total. The van der Waals surface area contributed by atoms with Gasteiger partial charge in [-0.25, -0.2) is 10.2 Å². The van der Waals surface area contributed by atoms with Crippen LogP contribution in [0, 0.1) is 0 Å². The van der Waals surface area contributed by atoms with Gasteiger partial charge in [-0.15, -0.1) is 0 Å². The first kappa shape index (κ1) is 21.9. The van der Waals surface area contributed by atoms with Crippen LogP contribution in [0.3, 0.4) is 0 Å². The highest BCUT2D eigenvalue weighted by atomic mass is 35.5. The number of hydrogen-bond donors (Lipinski definition) is 1. The Hall–Kier alpha value is -3.78. The molecule has 3 aromatic rings. The summed E-state index contributed by atoms with van der Waals surface area (Å²) in [6, 6.07) is 13.1. The van der Waals surface area contributed by atoms with Crippen molar-refractivity contribution >= 4 is 29.7 Å². The lowest BCUT2D eigenvalue weighted by Gasteiger charge is -2.07. The third-order valence-corrected chi connectivity index (χ3v) is 4.58. The van der Waals surface area contributed by atoms with E-state index in [0.29, 0.717) is 34.1 Å². The number of furan rings is 1. The summed E-state index contributed by atoms with van der Waals surface area (Å²) in [6.45, 7) is 0. The number of methoxy groups -OCH3 is 3. The van der Waals surface area contributed by atoms with Gasteiger partial charge in [0, 0.05) is 17.2 Å². The van der Waals surface area contributed by atoms with E-state index < -0.39 is 11.9 Å². The molecular formula is C22H19ClN2O6. The zero-order chi connectivity index (χ0) is 22.4. The molecule has 9 heteroatoms. The van der Waals surface area contributed by atoms with Crippen molar-refractivity contribution in [2.75, 3.05) is 21.3 Å². The highest BCUT2D eigenvalue weighted by Crippen LogP contribution is 2.27. The molecule has 0 spiro atoms. The second kappa shape index (κ2) is 9.82. The summed E-state index contributed by atoms with van der Waals surface area (Å²) < 4.78 is 20.7. The monoisotopic (exact) mass is 442 g/mol. The van der Waals surface area contributed by atoms with Crippen LogP contribution >= 0.6 is 11.6 Å². The summed E-state index contributed by atoms with van der Waals surface area (Å²) in [5.74, 6) is 0.870. The summed E-state index contributed by atoms with van der Waals surface area (Å²) in [5, 5.41) is 4.19. The van der Waals surface area contributed by atoms with Gasteiger partial charge in [-0.05, 0) is 42.5 Å². The predicted octanol–water partition coefficient (Wildman–Crippen LogP) is 4.17. The van der Waals surface area contributed by atoms with Crippen LogP contribution in [0.2, 0.25) is 5.02 Å². The summed E-state index contributed by atoms with van der Waals surface area (Å²) in [5.41, 5.74) is 3.61. The lowest BCUT2D eigenvalue weighted by Crippen LogP contribution is -2.17. The third-order valence-electron chi connectivity index (χ3n) is 4.25. The maximum atomic E-state index is 12.3. The van der Waals surface area contributed by atoms with E-state index in [9.17, 15) is 9.59 Å². The Labute approximate surface area is 183 Å². The molecule has 2 aromatic carbocycles. The third kappa shape index (κ3) is 5.23. The number of benzene rings is 2. The van der Waals surface area contributed by atoms with Gasteiger partial charge in [-0.2, -0.15) is 5.10 Å². The molecule has 160 valence electrons. The van der Waals surface area contributed by atoms with Crippen LogP contribution in [0.4, 0.5) is 0 Å². The largest absolute Gasteiger partial charge is 0.497 e. The fourth-order valence-electron chi connectivity index (χ4n) is 2.68. The van der Waals surface area contributed by atoms with Crippen molar-refractivity contribution in [3.05, 3.63) is 70.4 Å². The number of nitrogens with one attached hydrogen (secondary N) is 1. The molecule has 1 amide bonds. The average Bonchev–Trinajstić information content (AvgIpc) is 3.27. The molecular weight excluding hydrogens is 424 g/mol. The molecule has 0 aliphatic rings. The fraction of sp³-hybridized carbons (Fsp3) is 0.136.